The molecule has 22 heavy (non-hydrogen) atoms. The van der Waals surface area contributed by atoms with Crippen molar-refractivity contribution in [3.8, 4) is 5.75 Å². The van der Waals surface area contributed by atoms with Crippen molar-refractivity contribution in [2.45, 2.75) is 38.6 Å². The molecule has 0 saturated heterocycles. The lowest BCUT2D eigenvalue weighted by atomic mass is 10.2. The van der Waals surface area contributed by atoms with Gasteiger partial charge in [-0.2, -0.15) is 0 Å². The summed E-state index contributed by atoms with van der Waals surface area (Å²) in [5, 5.41) is 3.67. The molecule has 0 aliphatic carbocycles. The molecular weight excluding hydrogens is 304 g/mol. The standard InChI is InChI=1S/C15H20N2O4S/c1-10-5-7-14(8-6-10)20-9-11(2)17-22(18,19)15-12(3)16-21-13(15)4/h5-8,11,17H,9H2,1-4H3/t11-/m1/s1. The largest absolute Gasteiger partial charge is 0.492 e. The molecule has 0 saturated carbocycles. The summed E-state index contributed by atoms with van der Waals surface area (Å²) < 4.78 is 37.7. The quantitative estimate of drug-likeness (QED) is 0.882. The molecule has 0 aliphatic rings. The number of hydrogen-bond acceptors (Lipinski definition) is 5. The number of aryl methyl sites for hydroxylation is 3. The van der Waals surface area contributed by atoms with E-state index in [0.29, 0.717) is 11.4 Å². The molecule has 1 atom stereocenters. The molecule has 0 aliphatic heterocycles. The predicted molar refractivity (Wildman–Crippen MR) is 82.4 cm³/mol. The Morgan fingerprint density at radius 2 is 1.86 bits per heavy atom. The van der Waals surface area contributed by atoms with Crippen molar-refractivity contribution in [2.24, 2.45) is 0 Å². The van der Waals surface area contributed by atoms with Crippen LogP contribution in [0.4, 0.5) is 0 Å². The minimum atomic E-state index is -3.67. The highest BCUT2D eigenvalue weighted by Gasteiger charge is 2.25. The molecule has 1 aromatic heterocycles. The van der Waals surface area contributed by atoms with Crippen LogP contribution in [0, 0.1) is 20.8 Å². The van der Waals surface area contributed by atoms with E-state index in [2.05, 4.69) is 9.88 Å². The van der Waals surface area contributed by atoms with Crippen molar-refractivity contribution in [3.05, 3.63) is 41.3 Å². The first-order chi connectivity index (χ1) is 10.3. The molecule has 2 rings (SSSR count). The second-order valence-corrected chi connectivity index (χ2v) is 6.95. The minimum absolute atomic E-state index is 0.0923. The first kappa shape index (κ1) is 16.5. The fraction of sp³-hybridized carbons (Fsp3) is 0.400. The van der Waals surface area contributed by atoms with Crippen LogP contribution in [0.15, 0.2) is 33.7 Å². The van der Waals surface area contributed by atoms with Crippen molar-refractivity contribution < 1.29 is 17.7 Å². The molecule has 0 unspecified atom stereocenters. The summed E-state index contributed by atoms with van der Waals surface area (Å²) in [5.74, 6) is 0.977. The van der Waals surface area contributed by atoms with E-state index in [1.165, 1.54) is 0 Å². The van der Waals surface area contributed by atoms with Crippen LogP contribution in [0.25, 0.3) is 0 Å². The van der Waals surface area contributed by atoms with Gasteiger partial charge in [-0.25, -0.2) is 13.1 Å². The zero-order valence-corrected chi connectivity index (χ0v) is 13.9. The van der Waals surface area contributed by atoms with Crippen LogP contribution >= 0.6 is 0 Å². The van der Waals surface area contributed by atoms with E-state index < -0.39 is 10.0 Å². The van der Waals surface area contributed by atoms with E-state index in [0.717, 1.165) is 5.56 Å². The van der Waals surface area contributed by atoms with E-state index in [-0.39, 0.29) is 23.3 Å². The van der Waals surface area contributed by atoms with Gasteiger partial charge in [0.05, 0.1) is 6.04 Å². The Balaban J connectivity index is 1.99. The van der Waals surface area contributed by atoms with Gasteiger partial charge in [0.2, 0.25) is 10.0 Å². The van der Waals surface area contributed by atoms with Crippen molar-refractivity contribution in [1.82, 2.24) is 9.88 Å². The summed E-state index contributed by atoms with van der Waals surface area (Å²) in [4.78, 5) is 0.0923. The maximum atomic E-state index is 12.3. The Kier molecular flexibility index (Phi) is 4.87. The number of benzene rings is 1. The fourth-order valence-electron chi connectivity index (χ4n) is 2.07. The van der Waals surface area contributed by atoms with Gasteiger partial charge in [0.1, 0.15) is 22.9 Å². The van der Waals surface area contributed by atoms with Crippen LogP contribution < -0.4 is 9.46 Å². The molecule has 0 spiro atoms. The molecule has 1 aromatic carbocycles. The molecule has 7 heteroatoms. The van der Waals surface area contributed by atoms with Crippen LogP contribution in [-0.2, 0) is 10.0 Å². The molecule has 2 aromatic rings. The summed E-state index contributed by atoms with van der Waals surface area (Å²) in [6.07, 6.45) is 0. The van der Waals surface area contributed by atoms with Crippen molar-refractivity contribution >= 4 is 10.0 Å². The predicted octanol–water partition coefficient (Wildman–Crippen LogP) is 2.35. The minimum Gasteiger partial charge on any atom is -0.492 e. The SMILES string of the molecule is Cc1ccc(OC[C@@H](C)NS(=O)(=O)c2c(C)noc2C)cc1. The number of rotatable bonds is 6. The van der Waals surface area contributed by atoms with E-state index in [1.54, 1.807) is 20.8 Å². The molecular formula is C15H20N2O4S. The maximum Gasteiger partial charge on any atom is 0.246 e. The first-order valence-corrected chi connectivity index (χ1v) is 8.42. The third-order valence-corrected chi connectivity index (χ3v) is 4.95. The normalized spacial score (nSPS) is 13.1. The van der Waals surface area contributed by atoms with Crippen LogP contribution in [-0.4, -0.2) is 26.2 Å². The smallest absolute Gasteiger partial charge is 0.246 e. The molecule has 0 amide bonds. The number of nitrogens with one attached hydrogen (secondary N) is 1. The van der Waals surface area contributed by atoms with Gasteiger partial charge in [0.25, 0.3) is 0 Å². The Bertz CT molecular complexity index is 716. The van der Waals surface area contributed by atoms with Gasteiger partial charge in [-0.15, -0.1) is 0 Å². The number of aromatic nitrogens is 1. The number of hydrogen-bond donors (Lipinski definition) is 1. The highest BCUT2D eigenvalue weighted by Crippen LogP contribution is 2.19. The Labute approximate surface area is 130 Å². The van der Waals surface area contributed by atoms with Gasteiger partial charge in [0.15, 0.2) is 5.76 Å². The second kappa shape index (κ2) is 6.50. The molecule has 0 bridgehead atoms. The van der Waals surface area contributed by atoms with E-state index in [1.807, 2.05) is 31.2 Å². The molecule has 6 nitrogen and oxygen atoms in total. The maximum absolute atomic E-state index is 12.3. The first-order valence-electron chi connectivity index (χ1n) is 6.94. The van der Waals surface area contributed by atoms with Gasteiger partial charge < -0.3 is 9.26 Å². The lowest BCUT2D eigenvalue weighted by Crippen LogP contribution is -2.37. The molecule has 0 radical (unpaired) electrons. The van der Waals surface area contributed by atoms with Crippen molar-refractivity contribution in [2.75, 3.05) is 6.61 Å². The third kappa shape index (κ3) is 3.86. The van der Waals surface area contributed by atoms with Crippen molar-refractivity contribution in [3.63, 3.8) is 0 Å². The Hall–Kier alpha value is -1.86. The lowest BCUT2D eigenvalue weighted by Gasteiger charge is -2.15. The Morgan fingerprint density at radius 3 is 2.41 bits per heavy atom. The lowest BCUT2D eigenvalue weighted by molar-refractivity contribution is 0.287. The van der Waals surface area contributed by atoms with Gasteiger partial charge in [-0.05, 0) is 39.8 Å². The zero-order chi connectivity index (χ0) is 16.3. The topological polar surface area (TPSA) is 81.4 Å². The van der Waals surface area contributed by atoms with E-state index in [4.69, 9.17) is 9.26 Å². The van der Waals surface area contributed by atoms with E-state index in [9.17, 15) is 8.42 Å². The molecule has 1 N–H and O–H groups in total. The summed E-state index contributed by atoms with van der Waals surface area (Å²) in [6.45, 7) is 7.13. The van der Waals surface area contributed by atoms with Crippen LogP contribution in [0.3, 0.4) is 0 Å². The Morgan fingerprint density at radius 1 is 1.23 bits per heavy atom. The summed E-state index contributed by atoms with van der Waals surface area (Å²) in [5.41, 5.74) is 1.48. The van der Waals surface area contributed by atoms with Crippen molar-refractivity contribution in [1.29, 1.82) is 0 Å². The van der Waals surface area contributed by atoms with Crippen LogP contribution in [0.2, 0.25) is 0 Å². The highest BCUT2D eigenvalue weighted by atomic mass is 32.2. The number of sulfonamides is 1. The fourth-order valence-corrected chi connectivity index (χ4v) is 3.63. The van der Waals surface area contributed by atoms with Gasteiger partial charge >= 0.3 is 0 Å². The van der Waals surface area contributed by atoms with Gasteiger partial charge in [-0.1, -0.05) is 22.9 Å². The summed E-state index contributed by atoms with van der Waals surface area (Å²) >= 11 is 0. The third-order valence-electron chi connectivity index (χ3n) is 3.11. The molecule has 120 valence electrons. The zero-order valence-electron chi connectivity index (χ0n) is 13.1. The monoisotopic (exact) mass is 324 g/mol. The van der Waals surface area contributed by atoms with Gasteiger partial charge in [-0.3, -0.25) is 0 Å². The van der Waals surface area contributed by atoms with Crippen LogP contribution in [0.1, 0.15) is 23.9 Å². The summed E-state index contributed by atoms with van der Waals surface area (Å²) in [6, 6.07) is 7.19. The molecule has 0 fully saturated rings. The second-order valence-electron chi connectivity index (χ2n) is 5.30. The molecule has 1 heterocycles. The average Bonchev–Trinajstić information content (AvgIpc) is 2.77. The summed E-state index contributed by atoms with van der Waals surface area (Å²) in [7, 11) is -3.67. The van der Waals surface area contributed by atoms with Crippen LogP contribution in [0.5, 0.6) is 5.75 Å². The van der Waals surface area contributed by atoms with Gasteiger partial charge in [0, 0.05) is 0 Å². The average molecular weight is 324 g/mol. The highest BCUT2D eigenvalue weighted by molar-refractivity contribution is 7.89. The van der Waals surface area contributed by atoms with E-state index >= 15 is 0 Å². The number of nitrogens with zero attached hydrogens (tertiary/aromatic N) is 1. The number of ether oxygens (including phenoxy) is 1.